The van der Waals surface area contributed by atoms with Gasteiger partial charge in [0.1, 0.15) is 5.75 Å². The number of ether oxygens (including phenoxy) is 1. The molecular weight excluding hydrogens is 344 g/mol. The monoisotopic (exact) mass is 368 g/mol. The van der Waals surface area contributed by atoms with Crippen LogP contribution in [0.3, 0.4) is 0 Å². The number of amides is 2. The molecule has 142 valence electrons. The van der Waals surface area contributed by atoms with E-state index in [9.17, 15) is 9.59 Å². The number of methoxy groups -OCH3 is 1. The summed E-state index contributed by atoms with van der Waals surface area (Å²) in [6, 6.07) is 11.0. The second kappa shape index (κ2) is 9.14. The van der Waals surface area contributed by atoms with Gasteiger partial charge in [-0.05, 0) is 29.3 Å². The van der Waals surface area contributed by atoms with Gasteiger partial charge in [-0.3, -0.25) is 19.5 Å². The Labute approximate surface area is 158 Å². The fraction of sp³-hybridized carbons (Fsp3) is 0.350. The summed E-state index contributed by atoms with van der Waals surface area (Å²) in [6.45, 7) is 2.27. The minimum absolute atomic E-state index is 0.110. The van der Waals surface area contributed by atoms with Gasteiger partial charge < -0.3 is 15.4 Å². The van der Waals surface area contributed by atoms with E-state index in [2.05, 4.69) is 15.6 Å². The first kappa shape index (κ1) is 18.8. The Balaban J connectivity index is 1.61. The van der Waals surface area contributed by atoms with Gasteiger partial charge >= 0.3 is 0 Å². The normalized spacial score (nSPS) is 17.2. The minimum atomic E-state index is -0.487. The third kappa shape index (κ3) is 5.27. The van der Waals surface area contributed by atoms with Crippen LogP contribution in [0.5, 0.6) is 5.75 Å². The van der Waals surface area contributed by atoms with E-state index >= 15 is 0 Å². The minimum Gasteiger partial charge on any atom is -0.497 e. The maximum atomic E-state index is 12.4. The number of rotatable bonds is 7. The Morgan fingerprint density at radius 1 is 1.33 bits per heavy atom. The second-order valence-electron chi connectivity index (χ2n) is 6.47. The lowest BCUT2D eigenvalue weighted by molar-refractivity contribution is -0.134. The molecule has 0 spiro atoms. The predicted octanol–water partition coefficient (Wildman–Crippen LogP) is 1.10. The van der Waals surface area contributed by atoms with E-state index in [1.165, 1.54) is 0 Å². The first-order valence-electron chi connectivity index (χ1n) is 8.96. The molecule has 1 aliphatic rings. The number of hydrogen-bond acceptors (Lipinski definition) is 5. The number of piperazine rings is 1. The summed E-state index contributed by atoms with van der Waals surface area (Å²) < 4.78 is 5.26. The SMILES string of the molecule is COc1cccc(CN2CCNC(=O)C2CC(=O)NCc2cccnc2)c1. The number of benzene rings is 1. The summed E-state index contributed by atoms with van der Waals surface area (Å²) in [6.07, 6.45) is 3.52. The van der Waals surface area contributed by atoms with Crippen molar-refractivity contribution < 1.29 is 14.3 Å². The van der Waals surface area contributed by atoms with Crippen LogP contribution in [-0.4, -0.2) is 47.9 Å². The lowest BCUT2D eigenvalue weighted by Crippen LogP contribution is -2.56. The van der Waals surface area contributed by atoms with Crippen LogP contribution in [0.2, 0.25) is 0 Å². The highest BCUT2D eigenvalue weighted by atomic mass is 16.5. The summed E-state index contributed by atoms with van der Waals surface area (Å²) in [5, 5.41) is 5.72. The van der Waals surface area contributed by atoms with Crippen molar-refractivity contribution in [2.75, 3.05) is 20.2 Å². The number of carbonyl (C=O) groups excluding carboxylic acids is 2. The van der Waals surface area contributed by atoms with Gasteiger partial charge in [-0.2, -0.15) is 0 Å². The summed E-state index contributed by atoms with van der Waals surface area (Å²) in [5.41, 5.74) is 1.97. The maximum Gasteiger partial charge on any atom is 0.237 e. The Kier molecular flexibility index (Phi) is 6.38. The molecule has 1 atom stereocenters. The van der Waals surface area contributed by atoms with E-state index in [4.69, 9.17) is 4.74 Å². The Morgan fingerprint density at radius 2 is 2.19 bits per heavy atom. The molecule has 0 saturated carbocycles. The van der Waals surface area contributed by atoms with Gasteiger partial charge in [-0.1, -0.05) is 18.2 Å². The van der Waals surface area contributed by atoms with Crippen LogP contribution >= 0.6 is 0 Å². The molecule has 2 N–H and O–H groups in total. The molecule has 1 aromatic heterocycles. The van der Waals surface area contributed by atoms with Crippen LogP contribution in [0.15, 0.2) is 48.8 Å². The third-order valence-corrected chi connectivity index (χ3v) is 4.55. The van der Waals surface area contributed by atoms with Crippen molar-refractivity contribution in [1.29, 1.82) is 0 Å². The standard InChI is InChI=1S/C20H24N4O3/c1-27-17-6-2-4-15(10-17)14-24-9-8-22-20(26)18(24)11-19(25)23-13-16-5-3-7-21-12-16/h2-7,10,12,18H,8-9,11,13-14H2,1H3,(H,22,26)(H,23,25). The van der Waals surface area contributed by atoms with Gasteiger partial charge in [0.2, 0.25) is 11.8 Å². The molecule has 2 aromatic rings. The lowest BCUT2D eigenvalue weighted by atomic mass is 10.1. The van der Waals surface area contributed by atoms with Gasteiger partial charge in [-0.25, -0.2) is 0 Å². The largest absolute Gasteiger partial charge is 0.497 e. The molecule has 3 rings (SSSR count). The van der Waals surface area contributed by atoms with Crippen molar-refractivity contribution in [1.82, 2.24) is 20.5 Å². The smallest absolute Gasteiger partial charge is 0.237 e. The molecule has 7 nitrogen and oxygen atoms in total. The van der Waals surface area contributed by atoms with Crippen LogP contribution in [0.1, 0.15) is 17.5 Å². The van der Waals surface area contributed by atoms with E-state index in [0.717, 1.165) is 16.9 Å². The van der Waals surface area contributed by atoms with Crippen LogP contribution in [-0.2, 0) is 22.7 Å². The molecule has 27 heavy (non-hydrogen) atoms. The van der Waals surface area contributed by atoms with Crippen LogP contribution in [0.4, 0.5) is 0 Å². The van der Waals surface area contributed by atoms with Crippen molar-refractivity contribution in [2.24, 2.45) is 0 Å². The molecule has 0 bridgehead atoms. The highest BCUT2D eigenvalue weighted by molar-refractivity contribution is 5.88. The van der Waals surface area contributed by atoms with Crippen LogP contribution in [0.25, 0.3) is 0 Å². The van der Waals surface area contributed by atoms with E-state index in [0.29, 0.717) is 26.2 Å². The Morgan fingerprint density at radius 3 is 2.96 bits per heavy atom. The summed E-state index contributed by atoms with van der Waals surface area (Å²) in [5.74, 6) is 0.511. The number of nitrogens with one attached hydrogen (secondary N) is 2. The van der Waals surface area contributed by atoms with Crippen LogP contribution < -0.4 is 15.4 Å². The zero-order valence-electron chi connectivity index (χ0n) is 15.4. The number of aromatic nitrogens is 1. The maximum absolute atomic E-state index is 12.4. The molecule has 0 radical (unpaired) electrons. The van der Waals surface area contributed by atoms with Gasteiger partial charge in [0, 0.05) is 38.6 Å². The topological polar surface area (TPSA) is 83.6 Å². The third-order valence-electron chi connectivity index (χ3n) is 4.55. The highest BCUT2D eigenvalue weighted by Gasteiger charge is 2.31. The average Bonchev–Trinajstić information content (AvgIpc) is 2.70. The highest BCUT2D eigenvalue weighted by Crippen LogP contribution is 2.18. The molecule has 2 heterocycles. The first-order valence-corrected chi connectivity index (χ1v) is 8.96. The van der Waals surface area contributed by atoms with Crippen molar-refractivity contribution >= 4 is 11.8 Å². The van der Waals surface area contributed by atoms with Gasteiger partial charge in [0.05, 0.1) is 19.6 Å². The van der Waals surface area contributed by atoms with E-state index in [1.54, 1.807) is 19.5 Å². The fourth-order valence-electron chi connectivity index (χ4n) is 3.13. The molecule has 1 aliphatic heterocycles. The zero-order valence-corrected chi connectivity index (χ0v) is 15.4. The molecule has 1 fully saturated rings. The zero-order chi connectivity index (χ0) is 19.1. The Hall–Kier alpha value is -2.93. The van der Waals surface area contributed by atoms with Crippen LogP contribution in [0, 0.1) is 0 Å². The number of hydrogen-bond donors (Lipinski definition) is 2. The van der Waals surface area contributed by atoms with Gasteiger partial charge in [0.15, 0.2) is 0 Å². The van der Waals surface area contributed by atoms with E-state index < -0.39 is 6.04 Å². The molecule has 2 amide bonds. The first-order chi connectivity index (χ1) is 13.2. The molecule has 7 heteroatoms. The van der Waals surface area contributed by atoms with Crippen molar-refractivity contribution in [3.8, 4) is 5.75 Å². The molecule has 1 unspecified atom stereocenters. The van der Waals surface area contributed by atoms with Crippen molar-refractivity contribution in [3.63, 3.8) is 0 Å². The molecule has 0 aliphatic carbocycles. The fourth-order valence-corrected chi connectivity index (χ4v) is 3.13. The summed E-state index contributed by atoms with van der Waals surface area (Å²) in [7, 11) is 1.63. The van der Waals surface area contributed by atoms with E-state index in [1.807, 2.05) is 41.3 Å². The number of carbonyl (C=O) groups is 2. The number of nitrogens with zero attached hydrogens (tertiary/aromatic N) is 2. The predicted molar refractivity (Wildman–Crippen MR) is 101 cm³/mol. The van der Waals surface area contributed by atoms with E-state index in [-0.39, 0.29) is 18.2 Å². The molecule has 1 aromatic carbocycles. The van der Waals surface area contributed by atoms with Crippen molar-refractivity contribution in [2.45, 2.75) is 25.6 Å². The lowest BCUT2D eigenvalue weighted by Gasteiger charge is -2.34. The van der Waals surface area contributed by atoms with Gasteiger partial charge in [0.25, 0.3) is 0 Å². The summed E-state index contributed by atoms with van der Waals surface area (Å²) >= 11 is 0. The molecule has 1 saturated heterocycles. The second-order valence-corrected chi connectivity index (χ2v) is 6.47. The quantitative estimate of drug-likeness (QED) is 0.765. The molecular formula is C20H24N4O3. The van der Waals surface area contributed by atoms with Crippen molar-refractivity contribution in [3.05, 3.63) is 59.9 Å². The average molecular weight is 368 g/mol. The number of pyridine rings is 1. The summed E-state index contributed by atoms with van der Waals surface area (Å²) in [4.78, 5) is 30.8. The Bertz CT molecular complexity index is 782. The van der Waals surface area contributed by atoms with Gasteiger partial charge in [-0.15, -0.1) is 0 Å².